The number of likely N-dealkylation sites (tertiary alicyclic amines) is 2. The van der Waals surface area contributed by atoms with Gasteiger partial charge in [-0.25, -0.2) is 0 Å². The molecule has 0 unspecified atom stereocenters. The van der Waals surface area contributed by atoms with Crippen LogP contribution in [0.4, 0.5) is 0 Å². The van der Waals surface area contributed by atoms with Crippen molar-refractivity contribution in [2.24, 2.45) is 0 Å². The van der Waals surface area contributed by atoms with E-state index < -0.39 is 0 Å². The lowest BCUT2D eigenvalue weighted by Gasteiger charge is -2.18. The summed E-state index contributed by atoms with van der Waals surface area (Å²) in [5.74, 6) is 0. The van der Waals surface area contributed by atoms with Gasteiger partial charge in [-0.15, -0.1) is 0 Å². The minimum Gasteiger partial charge on any atom is -0.365 e. The van der Waals surface area contributed by atoms with Crippen LogP contribution >= 0.6 is 0 Å². The third kappa shape index (κ3) is 13.6. The Morgan fingerprint density at radius 3 is 1.00 bits per heavy atom. The highest BCUT2D eigenvalue weighted by atomic mass is 16.5. The minimum absolute atomic E-state index is 0. The van der Waals surface area contributed by atoms with Crippen molar-refractivity contribution in [3.8, 4) is 0 Å². The zero-order valence-electron chi connectivity index (χ0n) is 17.3. The van der Waals surface area contributed by atoms with Gasteiger partial charge < -0.3 is 14.5 Å². The maximum Gasteiger partial charge on any atom is 0.0993 e. The van der Waals surface area contributed by atoms with Gasteiger partial charge in [0.05, 0.1) is 13.3 Å². The van der Waals surface area contributed by atoms with Gasteiger partial charge in [0.1, 0.15) is 0 Å². The molecule has 3 fully saturated rings. The first kappa shape index (κ1) is 31.5. The molecule has 3 saturated heterocycles. The summed E-state index contributed by atoms with van der Waals surface area (Å²) >= 11 is 0. The fraction of sp³-hybridized carbons (Fsp3) is 1.00. The second-order valence-corrected chi connectivity index (χ2v) is 8.12. The smallest absolute Gasteiger partial charge is 0.0993 e. The molecule has 3 aliphatic heterocycles. The van der Waals surface area contributed by atoms with Gasteiger partial charge in [0.15, 0.2) is 0 Å². The molecule has 0 atom stereocenters. The van der Waals surface area contributed by atoms with Crippen LogP contribution in [0, 0.1) is 0 Å². The number of ether oxygens (including phenoxy) is 1. The van der Waals surface area contributed by atoms with E-state index in [4.69, 9.17) is 4.74 Å². The Hall–Kier alpha value is -0.160. The van der Waals surface area contributed by atoms with E-state index in [2.05, 4.69) is 56.2 Å². The van der Waals surface area contributed by atoms with E-state index in [1.807, 2.05) is 0 Å². The zero-order valence-corrected chi connectivity index (χ0v) is 17.3. The van der Waals surface area contributed by atoms with Crippen molar-refractivity contribution >= 4 is 0 Å². The van der Waals surface area contributed by atoms with Crippen LogP contribution in [-0.4, -0.2) is 78.9 Å². The molecule has 0 aliphatic carbocycles. The molecule has 3 heterocycles. The van der Waals surface area contributed by atoms with Gasteiger partial charge in [0.25, 0.3) is 0 Å². The second kappa shape index (κ2) is 17.9. The van der Waals surface area contributed by atoms with Crippen molar-refractivity contribution in [2.45, 2.75) is 108 Å². The lowest BCUT2D eigenvalue weighted by Crippen LogP contribution is -2.27. The van der Waals surface area contributed by atoms with Gasteiger partial charge in [-0.3, -0.25) is 4.90 Å². The zero-order chi connectivity index (χ0) is 17.9. The maximum atomic E-state index is 5.14. The molecule has 0 aromatic carbocycles. The molecular formula is C23H55N3O. The van der Waals surface area contributed by atoms with Crippen molar-refractivity contribution < 1.29 is 4.74 Å². The molecule has 0 N–H and O–H groups in total. The highest BCUT2D eigenvalue weighted by Crippen LogP contribution is 2.10. The molecule has 0 aromatic rings. The molecule has 27 heavy (non-hydrogen) atoms. The highest BCUT2D eigenvalue weighted by Gasteiger charge is 2.14. The molecule has 0 amide bonds. The third-order valence-electron chi connectivity index (χ3n) is 5.25. The van der Waals surface area contributed by atoms with Crippen molar-refractivity contribution in [1.29, 1.82) is 0 Å². The predicted molar refractivity (Wildman–Crippen MR) is 125 cm³/mol. The lowest BCUT2D eigenvalue weighted by molar-refractivity contribution is 0.124. The van der Waals surface area contributed by atoms with E-state index in [1.54, 1.807) is 0 Å². The van der Waals surface area contributed by atoms with Crippen molar-refractivity contribution in [2.75, 3.05) is 46.1 Å². The Morgan fingerprint density at radius 1 is 0.519 bits per heavy atom. The normalized spacial score (nSPS) is 20.3. The summed E-state index contributed by atoms with van der Waals surface area (Å²) in [5.41, 5.74) is 0. The fourth-order valence-electron chi connectivity index (χ4n) is 3.35. The van der Waals surface area contributed by atoms with E-state index in [0.717, 1.165) is 32.0 Å². The Bertz CT molecular complexity index is 242. The summed E-state index contributed by atoms with van der Waals surface area (Å²) in [7, 11) is 0. The van der Waals surface area contributed by atoms with E-state index in [9.17, 15) is 0 Å². The fourth-order valence-corrected chi connectivity index (χ4v) is 3.35. The predicted octanol–water partition coefficient (Wildman–Crippen LogP) is 5.57. The van der Waals surface area contributed by atoms with Gasteiger partial charge in [-0.2, -0.15) is 0 Å². The average Bonchev–Trinajstić information content (AvgIpc) is 3.29. The molecule has 0 spiro atoms. The van der Waals surface area contributed by atoms with Crippen molar-refractivity contribution in [3.63, 3.8) is 0 Å². The number of nitrogens with zero attached hydrogens (tertiary/aromatic N) is 3. The van der Waals surface area contributed by atoms with Gasteiger partial charge in [0.2, 0.25) is 0 Å². The number of rotatable bonds is 3. The van der Waals surface area contributed by atoms with Crippen LogP contribution in [0.5, 0.6) is 0 Å². The van der Waals surface area contributed by atoms with E-state index in [0.29, 0.717) is 6.04 Å². The van der Waals surface area contributed by atoms with Gasteiger partial charge in [-0.1, -0.05) is 22.3 Å². The Balaban J connectivity index is -0.000000303. The van der Waals surface area contributed by atoms with E-state index in [1.165, 1.54) is 51.9 Å². The molecule has 0 bridgehead atoms. The lowest BCUT2D eigenvalue weighted by atomic mass is 10.3. The molecule has 0 radical (unpaired) electrons. The second-order valence-electron chi connectivity index (χ2n) is 8.12. The highest BCUT2D eigenvalue weighted by molar-refractivity contribution is 4.69. The van der Waals surface area contributed by atoms with Crippen LogP contribution in [-0.2, 0) is 4.74 Å². The summed E-state index contributed by atoms with van der Waals surface area (Å²) in [5, 5.41) is 0. The monoisotopic (exact) mass is 389 g/mol. The van der Waals surface area contributed by atoms with Gasteiger partial charge >= 0.3 is 0 Å². The topological polar surface area (TPSA) is 19.0 Å². The quantitative estimate of drug-likeness (QED) is 0.627. The van der Waals surface area contributed by atoms with Crippen molar-refractivity contribution in [3.05, 3.63) is 0 Å². The summed E-state index contributed by atoms with van der Waals surface area (Å²) in [6.07, 6.45) is 5.66. The standard InChI is InChI=1S/2C7H15N.C6H13NO.3CH4/c2*1-7(2)8-5-3-4-6-8;1-6(2)7-3-4-8-5-7;;;/h2*7H,3-6H2,1-2H3;6H,3-5H2,1-2H3;3*1H4. The summed E-state index contributed by atoms with van der Waals surface area (Å²) in [6, 6.07) is 2.20. The molecule has 3 rings (SSSR count). The molecule has 4 nitrogen and oxygen atoms in total. The molecule has 0 aromatic heterocycles. The number of hydrogen-bond donors (Lipinski definition) is 0. The molecule has 3 aliphatic rings. The third-order valence-corrected chi connectivity index (χ3v) is 5.25. The van der Waals surface area contributed by atoms with E-state index >= 15 is 0 Å². The van der Waals surface area contributed by atoms with Crippen LogP contribution in [0.3, 0.4) is 0 Å². The minimum atomic E-state index is 0. The SMILES string of the molecule is C.C.C.CC(C)N1CCCC1.CC(C)N1CCCC1.CC(C)N1CCOC1. The average molecular weight is 390 g/mol. The molecule has 168 valence electrons. The molecular weight excluding hydrogens is 334 g/mol. The van der Waals surface area contributed by atoms with Crippen LogP contribution in [0.15, 0.2) is 0 Å². The first-order valence-electron chi connectivity index (χ1n) is 10.2. The Kier molecular flexibility index (Phi) is 20.9. The largest absolute Gasteiger partial charge is 0.365 e. The Labute approximate surface area is 173 Å². The van der Waals surface area contributed by atoms with Crippen LogP contribution in [0.25, 0.3) is 0 Å². The van der Waals surface area contributed by atoms with Crippen molar-refractivity contribution in [1.82, 2.24) is 14.7 Å². The first-order chi connectivity index (χ1) is 11.4. The first-order valence-corrected chi connectivity index (χ1v) is 10.2. The number of hydrogen-bond acceptors (Lipinski definition) is 4. The molecule has 0 saturated carbocycles. The van der Waals surface area contributed by atoms with Gasteiger partial charge in [0, 0.05) is 24.7 Å². The maximum absolute atomic E-state index is 5.14. The summed E-state index contributed by atoms with van der Waals surface area (Å²) < 4.78 is 5.14. The summed E-state index contributed by atoms with van der Waals surface area (Å²) in [6.45, 7) is 21.6. The van der Waals surface area contributed by atoms with Gasteiger partial charge in [-0.05, 0) is 93.4 Å². The van der Waals surface area contributed by atoms with Crippen LogP contribution in [0.1, 0.15) is 89.5 Å². The van der Waals surface area contributed by atoms with Crippen LogP contribution < -0.4 is 0 Å². The Morgan fingerprint density at radius 2 is 0.852 bits per heavy atom. The van der Waals surface area contributed by atoms with Crippen LogP contribution in [0.2, 0.25) is 0 Å². The summed E-state index contributed by atoms with van der Waals surface area (Å²) in [4.78, 5) is 7.36. The van der Waals surface area contributed by atoms with E-state index in [-0.39, 0.29) is 22.3 Å². The molecule has 4 heteroatoms.